The van der Waals surface area contributed by atoms with Crippen LogP contribution in [0.15, 0.2) is 47.5 Å². The molecule has 8 heteroatoms. The van der Waals surface area contributed by atoms with Gasteiger partial charge in [-0.15, -0.1) is 0 Å². The van der Waals surface area contributed by atoms with Crippen LogP contribution in [0.2, 0.25) is 10.0 Å². The second-order valence-electron chi connectivity index (χ2n) is 5.13. The van der Waals surface area contributed by atoms with E-state index in [1.165, 1.54) is 10.4 Å². The molecule has 0 aliphatic carbocycles. The molecule has 2 heterocycles. The van der Waals surface area contributed by atoms with E-state index in [1.807, 2.05) is 4.90 Å². The first kappa shape index (κ1) is 16.5. The summed E-state index contributed by atoms with van der Waals surface area (Å²) in [6.07, 6.45) is 1.67. The van der Waals surface area contributed by atoms with E-state index in [2.05, 4.69) is 4.98 Å². The summed E-state index contributed by atoms with van der Waals surface area (Å²) in [5.74, 6) is 0.684. The van der Waals surface area contributed by atoms with Crippen molar-refractivity contribution in [3.8, 4) is 0 Å². The second-order valence-corrected chi connectivity index (χ2v) is 7.85. The number of benzene rings is 1. The molecule has 0 radical (unpaired) electrons. The lowest BCUT2D eigenvalue weighted by Crippen LogP contribution is -2.49. The fourth-order valence-corrected chi connectivity index (χ4v) is 4.70. The van der Waals surface area contributed by atoms with E-state index in [0.29, 0.717) is 37.0 Å². The Morgan fingerprint density at radius 2 is 1.57 bits per heavy atom. The highest BCUT2D eigenvalue weighted by atomic mass is 35.5. The molecule has 3 rings (SSSR count). The average molecular weight is 372 g/mol. The monoisotopic (exact) mass is 371 g/mol. The van der Waals surface area contributed by atoms with E-state index in [-0.39, 0.29) is 9.92 Å². The van der Waals surface area contributed by atoms with Crippen molar-refractivity contribution in [2.24, 2.45) is 0 Å². The lowest BCUT2D eigenvalue weighted by Gasteiger charge is -2.35. The summed E-state index contributed by atoms with van der Waals surface area (Å²) in [6.45, 7) is 1.78. The van der Waals surface area contributed by atoms with Gasteiger partial charge in [-0.2, -0.15) is 4.31 Å². The summed E-state index contributed by atoms with van der Waals surface area (Å²) in [4.78, 5) is 6.40. The number of nitrogens with zero attached hydrogens (tertiary/aromatic N) is 3. The zero-order valence-electron chi connectivity index (χ0n) is 12.2. The van der Waals surface area contributed by atoms with Crippen molar-refractivity contribution in [2.75, 3.05) is 31.1 Å². The van der Waals surface area contributed by atoms with Gasteiger partial charge < -0.3 is 4.90 Å². The third-order valence-corrected chi connectivity index (χ3v) is 6.43. The summed E-state index contributed by atoms with van der Waals surface area (Å²) >= 11 is 12.2. The molecule has 0 atom stereocenters. The van der Waals surface area contributed by atoms with Crippen LogP contribution in [0.25, 0.3) is 0 Å². The number of pyridine rings is 1. The van der Waals surface area contributed by atoms with Crippen LogP contribution in [-0.2, 0) is 10.0 Å². The Kier molecular flexibility index (Phi) is 4.77. The standard InChI is InChI=1S/C15H15Cl2N3O2S/c16-12-4-1-2-6-14(12)23(21,22)20-10-8-19(9-11-20)15-13(17)5-3-7-18-15/h1-7H,8-11H2. The summed E-state index contributed by atoms with van der Waals surface area (Å²) in [5, 5.41) is 0.803. The van der Waals surface area contributed by atoms with Crippen LogP contribution in [0.1, 0.15) is 0 Å². The van der Waals surface area contributed by atoms with Crippen molar-refractivity contribution >= 4 is 39.0 Å². The van der Waals surface area contributed by atoms with Gasteiger partial charge in [0.15, 0.2) is 0 Å². The number of aromatic nitrogens is 1. The van der Waals surface area contributed by atoms with E-state index in [9.17, 15) is 8.42 Å². The van der Waals surface area contributed by atoms with Crippen molar-refractivity contribution in [1.29, 1.82) is 0 Å². The van der Waals surface area contributed by atoms with Crippen LogP contribution < -0.4 is 4.90 Å². The highest BCUT2D eigenvalue weighted by Gasteiger charge is 2.30. The molecule has 2 aromatic rings. The lowest BCUT2D eigenvalue weighted by molar-refractivity contribution is 0.384. The molecule has 0 unspecified atom stereocenters. The van der Waals surface area contributed by atoms with Crippen molar-refractivity contribution in [3.63, 3.8) is 0 Å². The molecule has 1 aromatic heterocycles. The molecule has 1 aliphatic rings. The van der Waals surface area contributed by atoms with Crippen LogP contribution in [0, 0.1) is 0 Å². The summed E-state index contributed by atoms with van der Waals surface area (Å²) in [6, 6.07) is 10.0. The summed E-state index contributed by atoms with van der Waals surface area (Å²) in [5.41, 5.74) is 0. The van der Waals surface area contributed by atoms with E-state index in [1.54, 1.807) is 36.5 Å². The number of halogens is 2. The predicted octanol–water partition coefficient (Wildman–Crippen LogP) is 2.90. The maximum atomic E-state index is 12.7. The molecule has 1 saturated heterocycles. The normalized spacial score (nSPS) is 16.5. The van der Waals surface area contributed by atoms with Gasteiger partial charge in [-0.1, -0.05) is 35.3 Å². The smallest absolute Gasteiger partial charge is 0.244 e. The number of hydrogen-bond donors (Lipinski definition) is 0. The molecule has 1 aliphatic heterocycles. The molecule has 1 fully saturated rings. The third kappa shape index (κ3) is 3.30. The number of piperazine rings is 1. The van der Waals surface area contributed by atoms with Gasteiger partial charge in [-0.05, 0) is 24.3 Å². The number of hydrogen-bond acceptors (Lipinski definition) is 4. The molecule has 5 nitrogen and oxygen atoms in total. The van der Waals surface area contributed by atoms with Crippen LogP contribution in [0.3, 0.4) is 0 Å². The highest BCUT2D eigenvalue weighted by molar-refractivity contribution is 7.89. The quantitative estimate of drug-likeness (QED) is 0.832. The van der Waals surface area contributed by atoms with Gasteiger partial charge in [0.25, 0.3) is 0 Å². The largest absolute Gasteiger partial charge is 0.353 e. The van der Waals surface area contributed by atoms with Gasteiger partial charge in [0.05, 0.1) is 10.0 Å². The molecule has 122 valence electrons. The third-order valence-electron chi connectivity index (χ3n) is 3.73. The maximum Gasteiger partial charge on any atom is 0.244 e. The van der Waals surface area contributed by atoms with Crippen LogP contribution in [0.5, 0.6) is 0 Å². The fraction of sp³-hybridized carbons (Fsp3) is 0.267. The predicted molar refractivity (Wildman–Crippen MR) is 91.7 cm³/mol. The van der Waals surface area contributed by atoms with Crippen LogP contribution in [-0.4, -0.2) is 43.9 Å². The van der Waals surface area contributed by atoms with Crippen molar-refractivity contribution in [1.82, 2.24) is 9.29 Å². The average Bonchev–Trinajstić information content (AvgIpc) is 2.56. The van der Waals surface area contributed by atoms with Crippen molar-refractivity contribution in [2.45, 2.75) is 4.90 Å². The zero-order valence-corrected chi connectivity index (χ0v) is 14.5. The summed E-state index contributed by atoms with van der Waals surface area (Å²) in [7, 11) is -3.59. The Balaban J connectivity index is 1.77. The molecule has 1 aromatic carbocycles. The topological polar surface area (TPSA) is 53.5 Å². The Morgan fingerprint density at radius 1 is 0.913 bits per heavy atom. The first-order chi connectivity index (χ1) is 11.0. The highest BCUT2D eigenvalue weighted by Crippen LogP contribution is 2.27. The van der Waals surface area contributed by atoms with Gasteiger partial charge >= 0.3 is 0 Å². The first-order valence-electron chi connectivity index (χ1n) is 7.10. The number of rotatable bonds is 3. The Bertz CT molecular complexity index is 806. The maximum absolute atomic E-state index is 12.7. The molecule has 0 spiro atoms. The van der Waals surface area contributed by atoms with E-state index in [4.69, 9.17) is 23.2 Å². The summed E-state index contributed by atoms with van der Waals surface area (Å²) < 4.78 is 26.8. The van der Waals surface area contributed by atoms with Crippen molar-refractivity contribution in [3.05, 3.63) is 52.6 Å². The van der Waals surface area contributed by atoms with Gasteiger partial charge in [-0.25, -0.2) is 13.4 Å². The molecular weight excluding hydrogens is 357 g/mol. The second kappa shape index (κ2) is 6.65. The minimum absolute atomic E-state index is 0.144. The van der Waals surface area contributed by atoms with Gasteiger partial charge in [0.1, 0.15) is 10.7 Å². The lowest BCUT2D eigenvalue weighted by atomic mass is 10.3. The van der Waals surface area contributed by atoms with E-state index >= 15 is 0 Å². The first-order valence-corrected chi connectivity index (χ1v) is 9.30. The Hall–Kier alpha value is -1.34. The zero-order chi connectivity index (χ0) is 16.4. The number of sulfonamides is 1. The minimum atomic E-state index is -3.59. The minimum Gasteiger partial charge on any atom is -0.353 e. The molecule has 0 saturated carbocycles. The van der Waals surface area contributed by atoms with Gasteiger partial charge in [0.2, 0.25) is 10.0 Å². The SMILES string of the molecule is O=S(=O)(c1ccccc1Cl)N1CCN(c2ncccc2Cl)CC1. The van der Waals surface area contributed by atoms with Crippen molar-refractivity contribution < 1.29 is 8.42 Å². The molecule has 23 heavy (non-hydrogen) atoms. The fourth-order valence-electron chi connectivity index (χ4n) is 2.54. The van der Waals surface area contributed by atoms with Crippen LogP contribution in [0.4, 0.5) is 5.82 Å². The molecule has 0 amide bonds. The molecule has 0 bridgehead atoms. The number of anilines is 1. The van der Waals surface area contributed by atoms with E-state index < -0.39 is 10.0 Å². The van der Waals surface area contributed by atoms with Gasteiger partial charge in [0, 0.05) is 32.4 Å². The molecule has 0 N–H and O–H groups in total. The van der Waals surface area contributed by atoms with E-state index in [0.717, 1.165) is 0 Å². The Morgan fingerprint density at radius 3 is 2.22 bits per heavy atom. The molecular formula is C15H15Cl2N3O2S. The van der Waals surface area contributed by atoms with Crippen LogP contribution >= 0.6 is 23.2 Å². The van der Waals surface area contributed by atoms with Gasteiger partial charge in [-0.3, -0.25) is 0 Å². The Labute approximate surface area is 145 Å².